The van der Waals surface area contributed by atoms with Crippen LogP contribution >= 0.6 is 0 Å². The Hall–Kier alpha value is -2.35. The van der Waals surface area contributed by atoms with Crippen molar-refractivity contribution in [1.29, 1.82) is 0 Å². The summed E-state index contributed by atoms with van der Waals surface area (Å²) in [5, 5.41) is 47.4. The molecule has 1 aromatic heterocycles. The van der Waals surface area contributed by atoms with Crippen LogP contribution in [0, 0.1) is 11.3 Å². The minimum absolute atomic E-state index is 0.213. The molecule has 2 aromatic rings. The number of hydrogen-bond acceptors (Lipinski definition) is 6. The molecule has 6 heteroatoms. The van der Waals surface area contributed by atoms with E-state index in [0.717, 1.165) is 22.8 Å². The molecule has 0 spiro atoms. The maximum absolute atomic E-state index is 11.8. The molecule has 190 valence electrons. The predicted molar refractivity (Wildman–Crippen MR) is 140 cm³/mol. The van der Waals surface area contributed by atoms with Crippen molar-refractivity contribution in [2.75, 3.05) is 14.1 Å². The molecule has 1 saturated carbocycles. The molecule has 36 heavy (non-hydrogen) atoms. The SMILES string of the molecule is CN(C)C1CC2(O)CCC3=C(C=C2C(O)C1O)C(O)CC1(C)C(c2cccc4ccncc24)=CCC31. The number of aromatic nitrogens is 1. The van der Waals surface area contributed by atoms with Gasteiger partial charge >= 0.3 is 0 Å². The molecule has 6 rings (SSSR count). The molecule has 0 saturated heterocycles. The zero-order valence-corrected chi connectivity index (χ0v) is 21.2. The Bertz CT molecular complexity index is 1310. The van der Waals surface area contributed by atoms with Crippen molar-refractivity contribution in [2.45, 2.75) is 69.0 Å². The van der Waals surface area contributed by atoms with Crippen molar-refractivity contribution in [3.8, 4) is 0 Å². The summed E-state index contributed by atoms with van der Waals surface area (Å²) < 4.78 is 0. The normalized spacial score (nSPS) is 38.3. The van der Waals surface area contributed by atoms with Crippen molar-refractivity contribution in [2.24, 2.45) is 11.3 Å². The van der Waals surface area contributed by atoms with Crippen molar-refractivity contribution in [1.82, 2.24) is 9.88 Å². The fraction of sp³-hybridized carbons (Fsp3) is 0.500. The summed E-state index contributed by atoms with van der Waals surface area (Å²) in [6, 6.07) is 8.04. The summed E-state index contributed by atoms with van der Waals surface area (Å²) in [7, 11) is 3.73. The third kappa shape index (κ3) is 3.39. The molecule has 4 aliphatic carbocycles. The van der Waals surface area contributed by atoms with E-state index < -0.39 is 23.9 Å². The smallest absolute Gasteiger partial charge is 0.105 e. The van der Waals surface area contributed by atoms with Crippen LogP contribution in [0.3, 0.4) is 0 Å². The minimum atomic E-state index is -1.21. The number of likely N-dealkylation sites (N-methyl/N-ethyl adjacent to an activating group) is 1. The second kappa shape index (κ2) is 8.33. The van der Waals surface area contributed by atoms with Crippen LogP contribution in [0.5, 0.6) is 0 Å². The molecule has 7 unspecified atom stereocenters. The second-order valence-corrected chi connectivity index (χ2v) is 11.7. The first-order chi connectivity index (χ1) is 17.1. The fourth-order valence-electron chi connectivity index (χ4n) is 7.61. The van der Waals surface area contributed by atoms with Crippen LogP contribution in [-0.2, 0) is 0 Å². The maximum Gasteiger partial charge on any atom is 0.105 e. The Morgan fingerprint density at radius 2 is 1.89 bits per heavy atom. The molecule has 1 heterocycles. The average molecular weight is 489 g/mol. The highest BCUT2D eigenvalue weighted by atomic mass is 16.3. The highest BCUT2D eigenvalue weighted by Gasteiger charge is 2.53. The van der Waals surface area contributed by atoms with Crippen LogP contribution in [-0.4, -0.2) is 74.4 Å². The van der Waals surface area contributed by atoms with E-state index in [-0.39, 0.29) is 17.4 Å². The van der Waals surface area contributed by atoms with E-state index in [0.29, 0.717) is 31.3 Å². The molecule has 0 bridgehead atoms. The lowest BCUT2D eigenvalue weighted by Crippen LogP contribution is -2.58. The van der Waals surface area contributed by atoms with Gasteiger partial charge in [0.05, 0.1) is 17.8 Å². The highest BCUT2D eigenvalue weighted by Crippen LogP contribution is 2.60. The summed E-state index contributed by atoms with van der Waals surface area (Å²) in [6.45, 7) is 2.26. The molecule has 4 aliphatic rings. The van der Waals surface area contributed by atoms with Gasteiger partial charge < -0.3 is 25.3 Å². The van der Waals surface area contributed by atoms with Gasteiger partial charge in [0.1, 0.15) is 6.10 Å². The second-order valence-electron chi connectivity index (χ2n) is 11.7. The van der Waals surface area contributed by atoms with Crippen molar-refractivity contribution < 1.29 is 20.4 Å². The van der Waals surface area contributed by atoms with Crippen LogP contribution in [0.25, 0.3) is 16.3 Å². The fourth-order valence-corrected chi connectivity index (χ4v) is 7.61. The number of aliphatic hydroxyl groups excluding tert-OH is 3. The molecule has 0 radical (unpaired) electrons. The van der Waals surface area contributed by atoms with E-state index in [1.165, 1.54) is 16.7 Å². The summed E-state index contributed by atoms with van der Waals surface area (Å²) in [6.07, 6.45) is 7.97. The van der Waals surface area contributed by atoms with Crippen molar-refractivity contribution >= 4 is 16.3 Å². The molecule has 7 atom stereocenters. The Labute approximate surface area is 212 Å². The largest absolute Gasteiger partial charge is 0.388 e. The van der Waals surface area contributed by atoms with Gasteiger partial charge in [0.15, 0.2) is 0 Å². The van der Waals surface area contributed by atoms with Crippen LogP contribution in [0.2, 0.25) is 0 Å². The average Bonchev–Trinajstić information content (AvgIpc) is 3.09. The number of rotatable bonds is 2. The quantitative estimate of drug-likeness (QED) is 0.518. The Morgan fingerprint density at radius 3 is 2.67 bits per heavy atom. The van der Waals surface area contributed by atoms with Crippen LogP contribution < -0.4 is 0 Å². The number of aliphatic hydroxyl groups is 4. The van der Waals surface area contributed by atoms with E-state index in [2.05, 4.69) is 36.2 Å². The van der Waals surface area contributed by atoms with E-state index >= 15 is 0 Å². The Morgan fingerprint density at radius 1 is 1.08 bits per heavy atom. The van der Waals surface area contributed by atoms with Gasteiger partial charge in [-0.3, -0.25) is 4.98 Å². The molecule has 0 aliphatic heterocycles. The first-order valence-electron chi connectivity index (χ1n) is 13.1. The maximum atomic E-state index is 11.8. The van der Waals surface area contributed by atoms with Gasteiger partial charge in [0, 0.05) is 29.2 Å². The predicted octanol–water partition coefficient (Wildman–Crippen LogP) is 3.21. The Balaban J connectivity index is 1.40. The van der Waals surface area contributed by atoms with Crippen LogP contribution in [0.1, 0.15) is 44.6 Å². The third-order valence-electron chi connectivity index (χ3n) is 9.59. The topological polar surface area (TPSA) is 97.1 Å². The van der Waals surface area contributed by atoms with E-state index in [1.54, 1.807) is 0 Å². The van der Waals surface area contributed by atoms with Crippen LogP contribution in [0.15, 0.2) is 65.5 Å². The van der Waals surface area contributed by atoms with Gasteiger partial charge in [-0.25, -0.2) is 0 Å². The molecular weight excluding hydrogens is 452 g/mol. The molecular formula is C30H36N2O4. The summed E-state index contributed by atoms with van der Waals surface area (Å²) in [5.41, 5.74) is 3.43. The van der Waals surface area contributed by atoms with Gasteiger partial charge in [-0.05, 0) is 85.9 Å². The molecule has 1 fully saturated rings. The van der Waals surface area contributed by atoms with E-state index in [4.69, 9.17) is 0 Å². The number of hydrogen-bond donors (Lipinski definition) is 4. The summed E-state index contributed by atoms with van der Waals surface area (Å²) in [5.74, 6) is 0.213. The first kappa shape index (κ1) is 24.0. The number of nitrogens with zero attached hydrogens (tertiary/aromatic N) is 2. The molecule has 6 nitrogen and oxygen atoms in total. The van der Waals surface area contributed by atoms with E-state index in [9.17, 15) is 20.4 Å². The van der Waals surface area contributed by atoms with Gasteiger partial charge in [0.2, 0.25) is 0 Å². The van der Waals surface area contributed by atoms with Crippen LogP contribution in [0.4, 0.5) is 0 Å². The summed E-state index contributed by atoms with van der Waals surface area (Å²) in [4.78, 5) is 6.25. The number of fused-ring (bicyclic) bond motifs is 4. The lowest BCUT2D eigenvalue weighted by atomic mass is 9.61. The minimum Gasteiger partial charge on any atom is -0.388 e. The van der Waals surface area contributed by atoms with Gasteiger partial charge in [-0.15, -0.1) is 0 Å². The highest BCUT2D eigenvalue weighted by molar-refractivity contribution is 5.95. The number of pyridine rings is 1. The van der Waals surface area contributed by atoms with Gasteiger partial charge in [-0.1, -0.05) is 42.8 Å². The summed E-state index contributed by atoms with van der Waals surface area (Å²) >= 11 is 0. The zero-order chi connectivity index (χ0) is 25.4. The first-order valence-corrected chi connectivity index (χ1v) is 13.1. The standard InChI is InChI=1S/C30H36N2O4/c1-29-15-26(33)20-13-24-27(34)28(35)25(32(2)3)14-30(24,36)11-9-19(20)23(29)8-7-22(29)18-6-4-5-17-10-12-31-16-21(17)18/h4-7,10,12-13,16,23,25-28,33-36H,8-9,11,14-15H2,1-3H3. The lowest BCUT2D eigenvalue weighted by molar-refractivity contribution is -0.0922. The van der Waals surface area contributed by atoms with Crippen molar-refractivity contribution in [3.63, 3.8) is 0 Å². The monoisotopic (exact) mass is 488 g/mol. The number of benzene rings is 1. The lowest BCUT2D eigenvalue weighted by Gasteiger charge is -2.46. The van der Waals surface area contributed by atoms with Gasteiger partial charge in [-0.2, -0.15) is 0 Å². The van der Waals surface area contributed by atoms with E-state index in [1.807, 2.05) is 43.5 Å². The van der Waals surface area contributed by atoms with Gasteiger partial charge in [0.25, 0.3) is 0 Å². The molecule has 4 N–H and O–H groups in total. The zero-order valence-electron chi connectivity index (χ0n) is 21.2. The van der Waals surface area contributed by atoms with Crippen molar-refractivity contribution in [3.05, 3.63) is 71.1 Å². The number of allylic oxidation sites excluding steroid dienone is 3. The molecule has 0 amide bonds. The Kier molecular flexibility index (Phi) is 5.56. The third-order valence-corrected chi connectivity index (χ3v) is 9.59. The molecule has 1 aromatic carbocycles.